The molecular weight excluding hydrogens is 186 g/mol. The monoisotopic (exact) mass is 211 g/mol. The number of hydrogen-bond acceptors (Lipinski definition) is 3. The van der Waals surface area contributed by atoms with Gasteiger partial charge < -0.3 is 15.1 Å². The Labute approximate surface area is 93.8 Å². The molecule has 2 aliphatic rings. The first-order valence-electron chi connectivity index (χ1n) is 6.49. The molecule has 0 aliphatic carbocycles. The third kappa shape index (κ3) is 3.74. The van der Waals surface area contributed by atoms with Crippen molar-refractivity contribution in [1.82, 2.24) is 15.1 Å². The van der Waals surface area contributed by atoms with Crippen molar-refractivity contribution in [2.75, 3.05) is 46.3 Å². The van der Waals surface area contributed by atoms with Crippen molar-refractivity contribution in [3.8, 4) is 0 Å². The third-order valence-corrected chi connectivity index (χ3v) is 3.69. The molecule has 2 aliphatic heterocycles. The number of nitrogens with one attached hydrogen (secondary N) is 1. The molecule has 2 heterocycles. The second-order valence-corrected chi connectivity index (χ2v) is 5.10. The van der Waals surface area contributed by atoms with Crippen molar-refractivity contribution >= 4 is 0 Å². The molecule has 3 nitrogen and oxygen atoms in total. The van der Waals surface area contributed by atoms with Gasteiger partial charge in [-0.1, -0.05) is 0 Å². The van der Waals surface area contributed by atoms with Crippen LogP contribution in [0.15, 0.2) is 0 Å². The highest BCUT2D eigenvalue weighted by Crippen LogP contribution is 2.08. The zero-order chi connectivity index (χ0) is 10.5. The summed E-state index contributed by atoms with van der Waals surface area (Å²) in [6.07, 6.45) is 5.56. The standard InChI is InChI=1S/C12H25N3/c1-14(11-12-5-4-6-13-12)9-10-15-7-2-3-8-15/h12-13H,2-11H2,1H3/t12-/m0/s1. The van der Waals surface area contributed by atoms with Crippen LogP contribution in [0.3, 0.4) is 0 Å². The van der Waals surface area contributed by atoms with E-state index in [-0.39, 0.29) is 0 Å². The van der Waals surface area contributed by atoms with Gasteiger partial charge in [-0.2, -0.15) is 0 Å². The van der Waals surface area contributed by atoms with E-state index in [0.717, 1.165) is 6.04 Å². The zero-order valence-electron chi connectivity index (χ0n) is 10.0. The average Bonchev–Trinajstić information content (AvgIpc) is 2.86. The van der Waals surface area contributed by atoms with Gasteiger partial charge in [0.15, 0.2) is 0 Å². The molecule has 0 saturated carbocycles. The predicted octanol–water partition coefficient (Wildman–Crippen LogP) is 0.766. The topological polar surface area (TPSA) is 18.5 Å². The summed E-state index contributed by atoms with van der Waals surface area (Å²) >= 11 is 0. The summed E-state index contributed by atoms with van der Waals surface area (Å²) in [6.45, 7) is 7.62. The lowest BCUT2D eigenvalue weighted by molar-refractivity contribution is 0.243. The molecule has 2 saturated heterocycles. The Hall–Kier alpha value is -0.120. The summed E-state index contributed by atoms with van der Waals surface area (Å²) in [7, 11) is 2.26. The lowest BCUT2D eigenvalue weighted by Crippen LogP contribution is -2.39. The summed E-state index contributed by atoms with van der Waals surface area (Å²) in [5.41, 5.74) is 0. The number of likely N-dealkylation sites (tertiary alicyclic amines) is 1. The van der Waals surface area contributed by atoms with Gasteiger partial charge in [-0.3, -0.25) is 0 Å². The first kappa shape index (κ1) is 11.4. The van der Waals surface area contributed by atoms with Gasteiger partial charge >= 0.3 is 0 Å². The quantitative estimate of drug-likeness (QED) is 0.724. The minimum absolute atomic E-state index is 0.758. The third-order valence-electron chi connectivity index (χ3n) is 3.69. The second-order valence-electron chi connectivity index (χ2n) is 5.10. The normalized spacial score (nSPS) is 28.0. The van der Waals surface area contributed by atoms with Gasteiger partial charge in [-0.15, -0.1) is 0 Å². The number of hydrogen-bond donors (Lipinski definition) is 1. The average molecular weight is 211 g/mol. The Balaban J connectivity index is 1.57. The van der Waals surface area contributed by atoms with Crippen LogP contribution in [0.5, 0.6) is 0 Å². The van der Waals surface area contributed by atoms with Crippen LogP contribution in [0.25, 0.3) is 0 Å². The maximum atomic E-state index is 3.56. The second kappa shape index (κ2) is 5.83. The Kier molecular flexibility index (Phi) is 4.42. The van der Waals surface area contributed by atoms with Crippen molar-refractivity contribution < 1.29 is 0 Å². The minimum atomic E-state index is 0.758. The molecule has 88 valence electrons. The molecular formula is C12H25N3. The van der Waals surface area contributed by atoms with Gasteiger partial charge in [0, 0.05) is 25.7 Å². The van der Waals surface area contributed by atoms with Gasteiger partial charge in [-0.25, -0.2) is 0 Å². The predicted molar refractivity (Wildman–Crippen MR) is 64.2 cm³/mol. The molecule has 3 heteroatoms. The van der Waals surface area contributed by atoms with E-state index < -0.39 is 0 Å². The first-order chi connectivity index (χ1) is 7.34. The van der Waals surface area contributed by atoms with Crippen molar-refractivity contribution in [3.63, 3.8) is 0 Å². The SMILES string of the molecule is CN(CCN1CCCC1)C[C@@H]1CCCN1. The molecule has 0 aromatic rings. The molecule has 15 heavy (non-hydrogen) atoms. The van der Waals surface area contributed by atoms with E-state index in [2.05, 4.69) is 22.2 Å². The van der Waals surface area contributed by atoms with Gasteiger partial charge in [0.25, 0.3) is 0 Å². The van der Waals surface area contributed by atoms with E-state index >= 15 is 0 Å². The Bertz CT molecular complexity index is 172. The van der Waals surface area contributed by atoms with E-state index in [4.69, 9.17) is 0 Å². The number of nitrogens with zero attached hydrogens (tertiary/aromatic N) is 2. The van der Waals surface area contributed by atoms with E-state index in [1.807, 2.05) is 0 Å². The van der Waals surface area contributed by atoms with E-state index in [1.165, 1.54) is 65.0 Å². The Morgan fingerprint density at radius 3 is 2.73 bits per heavy atom. The maximum absolute atomic E-state index is 3.56. The molecule has 0 unspecified atom stereocenters. The van der Waals surface area contributed by atoms with Crippen LogP contribution in [0, 0.1) is 0 Å². The summed E-state index contributed by atoms with van der Waals surface area (Å²) in [4.78, 5) is 5.08. The fourth-order valence-electron chi connectivity index (χ4n) is 2.70. The van der Waals surface area contributed by atoms with Gasteiger partial charge in [0.05, 0.1) is 0 Å². The molecule has 0 aromatic heterocycles. The zero-order valence-corrected chi connectivity index (χ0v) is 10.0. The highest BCUT2D eigenvalue weighted by atomic mass is 15.2. The summed E-state index contributed by atoms with van der Waals surface area (Å²) in [5.74, 6) is 0. The summed E-state index contributed by atoms with van der Waals surface area (Å²) in [6, 6.07) is 0.758. The smallest absolute Gasteiger partial charge is 0.0195 e. The summed E-state index contributed by atoms with van der Waals surface area (Å²) in [5, 5.41) is 3.56. The summed E-state index contributed by atoms with van der Waals surface area (Å²) < 4.78 is 0. The molecule has 0 amide bonds. The molecule has 0 radical (unpaired) electrons. The Morgan fingerprint density at radius 2 is 2.07 bits per heavy atom. The van der Waals surface area contributed by atoms with E-state index in [0.29, 0.717) is 0 Å². The van der Waals surface area contributed by atoms with Gasteiger partial charge in [0.2, 0.25) is 0 Å². The van der Waals surface area contributed by atoms with Crippen LogP contribution in [0.4, 0.5) is 0 Å². The van der Waals surface area contributed by atoms with Crippen LogP contribution in [-0.2, 0) is 0 Å². The molecule has 1 atom stereocenters. The van der Waals surface area contributed by atoms with E-state index in [1.54, 1.807) is 0 Å². The molecule has 0 aromatic carbocycles. The van der Waals surface area contributed by atoms with Crippen LogP contribution >= 0.6 is 0 Å². The van der Waals surface area contributed by atoms with Gasteiger partial charge in [-0.05, 0) is 52.4 Å². The highest BCUT2D eigenvalue weighted by molar-refractivity contribution is 4.77. The fourth-order valence-corrected chi connectivity index (χ4v) is 2.70. The van der Waals surface area contributed by atoms with Crippen molar-refractivity contribution in [2.45, 2.75) is 31.7 Å². The van der Waals surface area contributed by atoms with Crippen LogP contribution < -0.4 is 5.32 Å². The lowest BCUT2D eigenvalue weighted by atomic mass is 10.2. The molecule has 1 N–H and O–H groups in total. The van der Waals surface area contributed by atoms with Gasteiger partial charge in [0.1, 0.15) is 0 Å². The van der Waals surface area contributed by atoms with Crippen LogP contribution in [0.1, 0.15) is 25.7 Å². The molecule has 2 rings (SSSR count). The first-order valence-corrected chi connectivity index (χ1v) is 6.49. The number of rotatable bonds is 5. The van der Waals surface area contributed by atoms with Crippen LogP contribution in [-0.4, -0.2) is 62.2 Å². The fraction of sp³-hybridized carbons (Fsp3) is 1.00. The van der Waals surface area contributed by atoms with Crippen molar-refractivity contribution in [2.24, 2.45) is 0 Å². The molecule has 0 spiro atoms. The largest absolute Gasteiger partial charge is 0.313 e. The van der Waals surface area contributed by atoms with Crippen molar-refractivity contribution in [1.29, 1.82) is 0 Å². The Morgan fingerprint density at radius 1 is 1.27 bits per heavy atom. The lowest BCUT2D eigenvalue weighted by Gasteiger charge is -2.23. The minimum Gasteiger partial charge on any atom is -0.313 e. The molecule has 0 bridgehead atoms. The number of likely N-dealkylation sites (N-methyl/N-ethyl adjacent to an activating group) is 1. The molecule has 2 fully saturated rings. The van der Waals surface area contributed by atoms with Crippen LogP contribution in [0.2, 0.25) is 0 Å². The van der Waals surface area contributed by atoms with Crippen molar-refractivity contribution in [3.05, 3.63) is 0 Å². The maximum Gasteiger partial charge on any atom is 0.0195 e. The van der Waals surface area contributed by atoms with E-state index in [9.17, 15) is 0 Å². The highest BCUT2D eigenvalue weighted by Gasteiger charge is 2.17.